The second kappa shape index (κ2) is 4.31. The minimum atomic E-state index is -0.415. The summed E-state index contributed by atoms with van der Waals surface area (Å²) in [6.07, 6.45) is -0.234. The highest BCUT2D eigenvalue weighted by Crippen LogP contribution is 2.04. The first-order chi connectivity index (χ1) is 6.97. The van der Waals surface area contributed by atoms with Crippen LogP contribution in [0.5, 0.6) is 5.88 Å². The third-order valence-electron chi connectivity index (χ3n) is 2.14. The molecule has 6 nitrogen and oxygen atoms in total. The van der Waals surface area contributed by atoms with E-state index in [1.165, 1.54) is 17.7 Å². The first-order valence-corrected chi connectivity index (χ1v) is 4.61. The predicted molar refractivity (Wildman–Crippen MR) is 56.1 cm³/mol. The molecule has 0 aliphatic rings. The SMILES string of the molecule is CC(CN)Oc1cc(=O)n(C)c(=O)n1C. The van der Waals surface area contributed by atoms with Gasteiger partial charge in [0.05, 0.1) is 6.07 Å². The van der Waals surface area contributed by atoms with Gasteiger partial charge >= 0.3 is 5.69 Å². The summed E-state index contributed by atoms with van der Waals surface area (Å²) in [6.45, 7) is 2.09. The fourth-order valence-electron chi connectivity index (χ4n) is 1.08. The Balaban J connectivity index is 3.21. The number of nitrogens with zero attached hydrogens (tertiary/aromatic N) is 2. The summed E-state index contributed by atoms with van der Waals surface area (Å²) in [4.78, 5) is 22.8. The van der Waals surface area contributed by atoms with Crippen LogP contribution in [-0.2, 0) is 14.1 Å². The van der Waals surface area contributed by atoms with E-state index in [-0.39, 0.29) is 12.0 Å². The molecule has 84 valence electrons. The lowest BCUT2D eigenvalue weighted by Gasteiger charge is -2.15. The highest BCUT2D eigenvalue weighted by atomic mass is 16.5. The summed E-state index contributed by atoms with van der Waals surface area (Å²) in [5, 5.41) is 0. The zero-order chi connectivity index (χ0) is 11.6. The fraction of sp³-hybridized carbons (Fsp3) is 0.556. The molecule has 1 heterocycles. The van der Waals surface area contributed by atoms with Crippen molar-refractivity contribution in [1.82, 2.24) is 9.13 Å². The maximum atomic E-state index is 11.5. The zero-order valence-electron chi connectivity index (χ0n) is 9.06. The van der Waals surface area contributed by atoms with Crippen molar-refractivity contribution in [3.63, 3.8) is 0 Å². The molecule has 0 saturated carbocycles. The minimum absolute atomic E-state index is 0.234. The molecule has 0 bridgehead atoms. The molecular weight excluding hydrogens is 198 g/mol. The molecule has 1 rings (SSSR count). The van der Waals surface area contributed by atoms with E-state index in [9.17, 15) is 9.59 Å². The summed E-state index contributed by atoms with van der Waals surface area (Å²) in [5.41, 5.74) is 4.57. The van der Waals surface area contributed by atoms with Crippen LogP contribution in [0.3, 0.4) is 0 Å². The van der Waals surface area contributed by atoms with Crippen LogP contribution < -0.4 is 21.7 Å². The average molecular weight is 213 g/mol. The van der Waals surface area contributed by atoms with E-state index < -0.39 is 11.2 Å². The number of nitrogens with two attached hydrogens (primary N) is 1. The smallest absolute Gasteiger partial charge is 0.333 e. The van der Waals surface area contributed by atoms with Crippen molar-refractivity contribution in [1.29, 1.82) is 0 Å². The molecule has 0 aliphatic carbocycles. The Bertz CT molecular complexity index is 461. The van der Waals surface area contributed by atoms with Gasteiger partial charge in [0.1, 0.15) is 6.10 Å². The molecule has 0 fully saturated rings. The van der Waals surface area contributed by atoms with Crippen LogP contribution in [0.25, 0.3) is 0 Å². The van der Waals surface area contributed by atoms with E-state index in [0.717, 1.165) is 4.57 Å². The van der Waals surface area contributed by atoms with Gasteiger partial charge in [-0.25, -0.2) is 4.79 Å². The Hall–Kier alpha value is -1.56. The van der Waals surface area contributed by atoms with E-state index in [4.69, 9.17) is 10.5 Å². The van der Waals surface area contributed by atoms with Gasteiger partial charge in [-0.2, -0.15) is 0 Å². The fourth-order valence-corrected chi connectivity index (χ4v) is 1.08. The van der Waals surface area contributed by atoms with Gasteiger partial charge in [-0.1, -0.05) is 0 Å². The molecule has 6 heteroatoms. The largest absolute Gasteiger partial charge is 0.474 e. The number of aromatic nitrogens is 2. The number of hydrogen-bond donors (Lipinski definition) is 1. The van der Waals surface area contributed by atoms with Crippen LogP contribution in [0.1, 0.15) is 6.92 Å². The highest BCUT2D eigenvalue weighted by molar-refractivity contribution is 5.09. The molecule has 2 N–H and O–H groups in total. The maximum Gasteiger partial charge on any atom is 0.333 e. The molecule has 0 amide bonds. The molecular formula is C9H15N3O3. The molecule has 0 aliphatic heterocycles. The van der Waals surface area contributed by atoms with Gasteiger partial charge in [0.25, 0.3) is 5.56 Å². The van der Waals surface area contributed by atoms with Crippen LogP contribution in [0.4, 0.5) is 0 Å². The Morgan fingerprint density at radius 1 is 1.40 bits per heavy atom. The standard InChI is InChI=1S/C9H15N3O3/c1-6(5-10)15-8-4-7(13)11(2)9(14)12(8)3/h4,6H,5,10H2,1-3H3. The molecule has 0 saturated heterocycles. The van der Waals surface area contributed by atoms with E-state index in [0.29, 0.717) is 6.54 Å². The van der Waals surface area contributed by atoms with Crippen LogP contribution in [0.2, 0.25) is 0 Å². The molecule has 1 aromatic heterocycles. The summed E-state index contributed by atoms with van der Waals surface area (Å²) >= 11 is 0. The van der Waals surface area contributed by atoms with Crippen molar-refractivity contribution in [2.75, 3.05) is 6.54 Å². The molecule has 0 aromatic carbocycles. The minimum Gasteiger partial charge on any atom is -0.474 e. The first kappa shape index (κ1) is 11.5. The Labute approximate surface area is 86.9 Å². The van der Waals surface area contributed by atoms with Gasteiger partial charge in [-0.05, 0) is 6.92 Å². The van der Waals surface area contributed by atoms with Crippen LogP contribution >= 0.6 is 0 Å². The number of rotatable bonds is 3. The van der Waals surface area contributed by atoms with Gasteiger partial charge in [0.2, 0.25) is 5.88 Å². The maximum absolute atomic E-state index is 11.5. The topological polar surface area (TPSA) is 79.2 Å². The van der Waals surface area contributed by atoms with Gasteiger partial charge in [0, 0.05) is 20.6 Å². The monoisotopic (exact) mass is 213 g/mol. The van der Waals surface area contributed by atoms with Crippen LogP contribution in [0, 0.1) is 0 Å². The van der Waals surface area contributed by atoms with Crippen molar-refractivity contribution >= 4 is 0 Å². The lowest BCUT2D eigenvalue weighted by molar-refractivity contribution is 0.208. The predicted octanol–water partition coefficient (Wildman–Crippen LogP) is -1.19. The van der Waals surface area contributed by atoms with Crippen LogP contribution in [-0.4, -0.2) is 21.8 Å². The lowest BCUT2D eigenvalue weighted by Crippen LogP contribution is -2.38. The van der Waals surface area contributed by atoms with Crippen molar-refractivity contribution in [3.05, 3.63) is 26.9 Å². The molecule has 1 atom stereocenters. The Kier molecular flexibility index (Phi) is 3.31. The summed E-state index contributed by atoms with van der Waals surface area (Å²) < 4.78 is 7.62. The quantitative estimate of drug-likeness (QED) is 0.684. The second-order valence-corrected chi connectivity index (χ2v) is 3.39. The summed E-state index contributed by atoms with van der Waals surface area (Å²) in [5.74, 6) is 0.237. The Morgan fingerprint density at radius 2 is 2.00 bits per heavy atom. The number of ether oxygens (including phenoxy) is 1. The normalized spacial score (nSPS) is 12.5. The molecule has 1 unspecified atom stereocenters. The number of hydrogen-bond acceptors (Lipinski definition) is 4. The van der Waals surface area contributed by atoms with E-state index >= 15 is 0 Å². The van der Waals surface area contributed by atoms with E-state index in [2.05, 4.69) is 0 Å². The van der Waals surface area contributed by atoms with Crippen molar-refractivity contribution in [2.24, 2.45) is 19.8 Å². The molecule has 0 radical (unpaired) electrons. The lowest BCUT2D eigenvalue weighted by atomic mass is 10.4. The van der Waals surface area contributed by atoms with Crippen molar-refractivity contribution in [2.45, 2.75) is 13.0 Å². The molecule has 15 heavy (non-hydrogen) atoms. The third-order valence-corrected chi connectivity index (χ3v) is 2.14. The molecule has 1 aromatic rings. The van der Waals surface area contributed by atoms with E-state index in [1.54, 1.807) is 14.0 Å². The zero-order valence-corrected chi connectivity index (χ0v) is 9.06. The van der Waals surface area contributed by atoms with Crippen LogP contribution in [0.15, 0.2) is 15.7 Å². The Morgan fingerprint density at radius 3 is 2.53 bits per heavy atom. The summed E-state index contributed by atoms with van der Waals surface area (Å²) in [7, 11) is 2.96. The van der Waals surface area contributed by atoms with Gasteiger partial charge in [-0.15, -0.1) is 0 Å². The van der Waals surface area contributed by atoms with Gasteiger partial charge in [-0.3, -0.25) is 13.9 Å². The first-order valence-electron chi connectivity index (χ1n) is 4.61. The van der Waals surface area contributed by atoms with Gasteiger partial charge in [0.15, 0.2) is 0 Å². The van der Waals surface area contributed by atoms with Crippen molar-refractivity contribution in [3.8, 4) is 5.88 Å². The third kappa shape index (κ3) is 2.27. The second-order valence-electron chi connectivity index (χ2n) is 3.39. The molecule has 0 spiro atoms. The highest BCUT2D eigenvalue weighted by Gasteiger charge is 2.09. The average Bonchev–Trinajstić information content (AvgIpc) is 2.22. The summed E-state index contributed by atoms with van der Waals surface area (Å²) in [6, 6.07) is 1.27. The van der Waals surface area contributed by atoms with E-state index in [1.807, 2.05) is 0 Å². The van der Waals surface area contributed by atoms with Gasteiger partial charge < -0.3 is 10.5 Å². The van der Waals surface area contributed by atoms with Crippen molar-refractivity contribution < 1.29 is 4.74 Å².